The monoisotopic (exact) mass is 346 g/mol. The number of amides is 1. The zero-order valence-electron chi connectivity index (χ0n) is 14.5. The van der Waals surface area contributed by atoms with Gasteiger partial charge in [-0.25, -0.2) is 4.99 Å². The van der Waals surface area contributed by atoms with Crippen LogP contribution in [-0.4, -0.2) is 30.9 Å². The lowest BCUT2D eigenvalue weighted by atomic mass is 9.82. The highest BCUT2D eigenvalue weighted by Crippen LogP contribution is 2.42. The molecule has 26 heavy (non-hydrogen) atoms. The molecular weight excluding hydrogens is 328 g/mol. The summed E-state index contributed by atoms with van der Waals surface area (Å²) in [4.78, 5) is 19.9. The summed E-state index contributed by atoms with van der Waals surface area (Å²) in [6.07, 6.45) is 7.29. The van der Waals surface area contributed by atoms with Crippen molar-refractivity contribution in [3.8, 4) is 11.5 Å². The van der Waals surface area contributed by atoms with Gasteiger partial charge in [0.15, 0.2) is 5.54 Å². The van der Waals surface area contributed by atoms with Crippen LogP contribution in [0.15, 0.2) is 78.0 Å². The summed E-state index contributed by atoms with van der Waals surface area (Å²) in [7, 11) is 3.23. The maximum atomic E-state index is 13.4. The lowest BCUT2D eigenvalue weighted by Gasteiger charge is -2.26. The van der Waals surface area contributed by atoms with Gasteiger partial charge in [0.2, 0.25) is 0 Å². The predicted molar refractivity (Wildman–Crippen MR) is 99.3 cm³/mol. The van der Waals surface area contributed by atoms with Gasteiger partial charge in [0.25, 0.3) is 5.91 Å². The van der Waals surface area contributed by atoms with Gasteiger partial charge in [-0.3, -0.25) is 9.69 Å². The van der Waals surface area contributed by atoms with Crippen molar-refractivity contribution in [1.82, 2.24) is 4.90 Å². The Hall–Kier alpha value is -3.34. The molecule has 0 atom stereocenters. The number of aliphatic imine (C=N–C) groups is 1. The maximum absolute atomic E-state index is 13.4. The fraction of sp³-hybridized carbons (Fsp3) is 0.143. The average Bonchev–Trinajstić information content (AvgIpc) is 3.02. The molecule has 130 valence electrons. The Morgan fingerprint density at radius 1 is 0.846 bits per heavy atom. The van der Waals surface area contributed by atoms with Crippen LogP contribution in [-0.2, 0) is 10.3 Å². The molecule has 0 saturated heterocycles. The molecule has 0 fully saturated rings. The molecular formula is C21H18N2O3. The minimum Gasteiger partial charge on any atom is -0.497 e. The maximum Gasteiger partial charge on any atom is 0.269 e. The van der Waals surface area contributed by atoms with E-state index in [1.165, 1.54) is 0 Å². The highest BCUT2D eigenvalue weighted by atomic mass is 16.5. The quantitative estimate of drug-likeness (QED) is 0.854. The third-order valence-electron chi connectivity index (χ3n) is 4.66. The second kappa shape index (κ2) is 6.19. The van der Waals surface area contributed by atoms with Crippen LogP contribution in [0.2, 0.25) is 0 Å². The van der Waals surface area contributed by atoms with Crippen LogP contribution in [0.4, 0.5) is 0 Å². The minimum atomic E-state index is -1.13. The zero-order valence-corrected chi connectivity index (χ0v) is 14.5. The molecule has 0 aliphatic carbocycles. The summed E-state index contributed by atoms with van der Waals surface area (Å²) in [5, 5.41) is 0. The van der Waals surface area contributed by atoms with Crippen molar-refractivity contribution in [2.75, 3.05) is 14.2 Å². The first kappa shape index (κ1) is 16.1. The molecule has 5 heteroatoms. The van der Waals surface area contributed by atoms with Crippen LogP contribution < -0.4 is 9.47 Å². The Morgan fingerprint density at radius 2 is 1.38 bits per heavy atom. The van der Waals surface area contributed by atoms with Crippen LogP contribution in [0.3, 0.4) is 0 Å². The highest BCUT2D eigenvalue weighted by Gasteiger charge is 2.50. The Kier molecular flexibility index (Phi) is 3.84. The first-order chi connectivity index (χ1) is 12.7. The van der Waals surface area contributed by atoms with Crippen molar-refractivity contribution in [2.24, 2.45) is 4.99 Å². The summed E-state index contributed by atoms with van der Waals surface area (Å²) in [5.74, 6) is 1.98. The molecule has 0 bridgehead atoms. The smallest absolute Gasteiger partial charge is 0.269 e. The molecule has 0 spiro atoms. The number of benzene rings is 2. The molecule has 0 saturated carbocycles. The Morgan fingerprint density at radius 3 is 1.85 bits per heavy atom. The van der Waals surface area contributed by atoms with Gasteiger partial charge in [-0.05, 0) is 47.5 Å². The largest absolute Gasteiger partial charge is 0.497 e. The number of rotatable bonds is 4. The van der Waals surface area contributed by atoms with Crippen LogP contribution in [0, 0.1) is 0 Å². The third kappa shape index (κ3) is 2.32. The van der Waals surface area contributed by atoms with E-state index in [1.54, 1.807) is 25.3 Å². The first-order valence-electron chi connectivity index (χ1n) is 8.26. The van der Waals surface area contributed by atoms with Crippen LogP contribution in [0.1, 0.15) is 11.1 Å². The van der Waals surface area contributed by atoms with E-state index in [0.717, 1.165) is 22.6 Å². The van der Waals surface area contributed by atoms with Gasteiger partial charge in [0.05, 0.1) is 14.2 Å². The average molecular weight is 346 g/mol. The fourth-order valence-electron chi connectivity index (χ4n) is 3.30. The summed E-state index contributed by atoms with van der Waals surface area (Å²) < 4.78 is 10.5. The Bertz CT molecular complexity index is 877. The summed E-state index contributed by atoms with van der Waals surface area (Å²) in [5.41, 5.74) is 0.446. The van der Waals surface area contributed by atoms with Gasteiger partial charge in [-0.15, -0.1) is 0 Å². The number of methoxy groups -OCH3 is 2. The van der Waals surface area contributed by atoms with E-state index in [-0.39, 0.29) is 5.91 Å². The standard InChI is InChI=1S/C21H18N2O3/c1-25-17-10-6-15(7-11-17)21(16-8-12-18(26-2)13-9-16)20(24)23-14-4-3-5-19(23)22-21/h3-14H,1-2H3. The van der Waals surface area contributed by atoms with Crippen molar-refractivity contribution in [3.63, 3.8) is 0 Å². The molecule has 0 unspecified atom stereocenters. The van der Waals surface area contributed by atoms with Gasteiger partial charge in [-0.2, -0.15) is 0 Å². The predicted octanol–water partition coefficient (Wildman–Crippen LogP) is 3.27. The summed E-state index contributed by atoms with van der Waals surface area (Å²) in [6, 6.07) is 14.9. The molecule has 2 aromatic carbocycles. The van der Waals surface area contributed by atoms with Crippen LogP contribution >= 0.6 is 0 Å². The van der Waals surface area contributed by atoms with Crippen LogP contribution in [0.25, 0.3) is 0 Å². The number of carbonyl (C=O) groups is 1. The van der Waals surface area contributed by atoms with Gasteiger partial charge < -0.3 is 9.47 Å². The van der Waals surface area contributed by atoms with E-state index in [0.29, 0.717) is 5.84 Å². The lowest BCUT2D eigenvalue weighted by molar-refractivity contribution is -0.128. The number of hydrogen-bond acceptors (Lipinski definition) is 4. The van der Waals surface area contributed by atoms with Crippen molar-refractivity contribution < 1.29 is 14.3 Å². The molecule has 4 rings (SSSR count). The number of fused-ring (bicyclic) bond motifs is 1. The number of allylic oxidation sites excluding steroid dienone is 2. The lowest BCUT2D eigenvalue weighted by Crippen LogP contribution is -2.39. The molecule has 0 N–H and O–H groups in total. The van der Waals surface area contributed by atoms with Crippen molar-refractivity contribution in [2.45, 2.75) is 5.54 Å². The normalized spacial score (nSPS) is 17.1. The van der Waals surface area contributed by atoms with Crippen molar-refractivity contribution in [1.29, 1.82) is 0 Å². The molecule has 2 aromatic rings. The number of amidine groups is 1. The molecule has 2 aliphatic rings. The number of nitrogens with zero attached hydrogens (tertiary/aromatic N) is 2. The molecule has 0 radical (unpaired) electrons. The Balaban J connectivity index is 1.91. The van der Waals surface area contributed by atoms with E-state index >= 15 is 0 Å². The van der Waals surface area contributed by atoms with Gasteiger partial charge in [0, 0.05) is 6.20 Å². The van der Waals surface area contributed by atoms with Gasteiger partial charge >= 0.3 is 0 Å². The molecule has 2 heterocycles. The van der Waals surface area contributed by atoms with Gasteiger partial charge in [-0.1, -0.05) is 30.3 Å². The number of hydrogen-bond donors (Lipinski definition) is 0. The first-order valence-corrected chi connectivity index (χ1v) is 8.26. The van der Waals surface area contributed by atoms with Crippen LogP contribution in [0.5, 0.6) is 11.5 Å². The van der Waals surface area contributed by atoms with E-state index in [4.69, 9.17) is 14.5 Å². The summed E-state index contributed by atoms with van der Waals surface area (Å²) in [6.45, 7) is 0. The number of ether oxygens (including phenoxy) is 2. The second-order valence-electron chi connectivity index (χ2n) is 6.01. The van der Waals surface area contributed by atoms with E-state index in [9.17, 15) is 4.79 Å². The zero-order chi connectivity index (χ0) is 18.1. The Labute approximate surface area is 151 Å². The molecule has 1 amide bonds. The van der Waals surface area contributed by atoms with E-state index < -0.39 is 5.54 Å². The SMILES string of the molecule is COc1ccc(C2(c3ccc(OC)cc3)N=C3C=CC=CN3C2=O)cc1. The summed E-state index contributed by atoms with van der Waals surface area (Å²) >= 11 is 0. The van der Waals surface area contributed by atoms with Crippen molar-refractivity contribution in [3.05, 3.63) is 84.1 Å². The fourth-order valence-corrected chi connectivity index (χ4v) is 3.30. The molecule has 0 aromatic heterocycles. The molecule has 5 nitrogen and oxygen atoms in total. The second-order valence-corrected chi connectivity index (χ2v) is 6.01. The highest BCUT2D eigenvalue weighted by molar-refractivity contribution is 6.15. The minimum absolute atomic E-state index is 0.108. The van der Waals surface area contributed by atoms with Gasteiger partial charge in [0.1, 0.15) is 17.3 Å². The molecule has 2 aliphatic heterocycles. The third-order valence-corrected chi connectivity index (χ3v) is 4.66. The van der Waals surface area contributed by atoms with E-state index in [1.807, 2.05) is 66.8 Å². The topological polar surface area (TPSA) is 51.1 Å². The van der Waals surface area contributed by atoms with E-state index in [2.05, 4.69) is 0 Å². The van der Waals surface area contributed by atoms with Crippen molar-refractivity contribution >= 4 is 11.7 Å². The number of carbonyl (C=O) groups excluding carboxylic acids is 1.